The summed E-state index contributed by atoms with van der Waals surface area (Å²) in [7, 11) is 0. The molecule has 0 aromatic heterocycles. The smallest absolute Gasteiger partial charge is 0.159 e. The van der Waals surface area contributed by atoms with Crippen molar-refractivity contribution in [2.24, 2.45) is 5.11 Å². The molecule has 0 aliphatic heterocycles. The maximum absolute atomic E-state index is 10.9. The van der Waals surface area contributed by atoms with Crippen LogP contribution in [0.3, 0.4) is 0 Å². The number of benzene rings is 1. The van der Waals surface area contributed by atoms with Gasteiger partial charge < -0.3 is 0 Å². The van der Waals surface area contributed by atoms with Gasteiger partial charge in [-0.05, 0) is 35.0 Å². The second-order valence-electron chi connectivity index (χ2n) is 2.33. The SMILES string of the molecule is CC(=O)c1ccc(Br)c(N=N)c1. The second-order valence-corrected chi connectivity index (χ2v) is 3.19. The van der Waals surface area contributed by atoms with Crippen LogP contribution in [0.15, 0.2) is 27.8 Å². The summed E-state index contributed by atoms with van der Waals surface area (Å²) in [4.78, 5) is 10.9. The Bertz CT molecular complexity index is 336. The molecule has 0 radical (unpaired) electrons. The molecule has 0 saturated heterocycles. The minimum Gasteiger partial charge on any atom is -0.295 e. The molecular weight excluding hydrogens is 220 g/mol. The van der Waals surface area contributed by atoms with Gasteiger partial charge in [-0.2, -0.15) is 5.11 Å². The van der Waals surface area contributed by atoms with Crippen LogP contribution in [-0.4, -0.2) is 5.78 Å². The summed E-state index contributed by atoms with van der Waals surface area (Å²) in [5.41, 5.74) is 7.85. The Hall–Kier alpha value is -1.03. The molecule has 0 bridgehead atoms. The molecular formula is C8H7BrN2O. The van der Waals surface area contributed by atoms with Crippen LogP contribution in [0.25, 0.3) is 0 Å². The first-order valence-electron chi connectivity index (χ1n) is 3.33. The van der Waals surface area contributed by atoms with E-state index in [1.165, 1.54) is 6.92 Å². The zero-order chi connectivity index (χ0) is 9.14. The van der Waals surface area contributed by atoms with Crippen LogP contribution in [0.2, 0.25) is 0 Å². The minimum atomic E-state index is -0.0209. The third-order valence-electron chi connectivity index (χ3n) is 1.47. The van der Waals surface area contributed by atoms with Crippen LogP contribution in [0, 0.1) is 5.53 Å². The van der Waals surface area contributed by atoms with E-state index in [0.29, 0.717) is 11.3 Å². The Balaban J connectivity index is 3.22. The van der Waals surface area contributed by atoms with Crippen molar-refractivity contribution in [2.75, 3.05) is 0 Å². The Morgan fingerprint density at radius 1 is 1.58 bits per heavy atom. The molecule has 0 heterocycles. The van der Waals surface area contributed by atoms with E-state index in [4.69, 9.17) is 5.53 Å². The Kier molecular flexibility index (Phi) is 2.70. The first-order chi connectivity index (χ1) is 5.65. The number of hydrogen-bond acceptors (Lipinski definition) is 3. The predicted octanol–water partition coefficient (Wildman–Crippen LogP) is 3.31. The van der Waals surface area contributed by atoms with E-state index >= 15 is 0 Å². The summed E-state index contributed by atoms with van der Waals surface area (Å²) < 4.78 is 0.725. The summed E-state index contributed by atoms with van der Waals surface area (Å²) in [6.45, 7) is 1.48. The number of nitrogens with zero attached hydrogens (tertiary/aromatic N) is 1. The Labute approximate surface area is 78.4 Å². The lowest BCUT2D eigenvalue weighted by molar-refractivity contribution is 0.101. The van der Waals surface area contributed by atoms with Gasteiger partial charge in [0.05, 0.1) is 5.69 Å². The summed E-state index contributed by atoms with van der Waals surface area (Å²) >= 11 is 3.21. The van der Waals surface area contributed by atoms with E-state index in [1.807, 2.05) is 0 Å². The van der Waals surface area contributed by atoms with Crippen LogP contribution >= 0.6 is 15.9 Å². The molecule has 0 unspecified atom stereocenters. The van der Waals surface area contributed by atoms with E-state index in [2.05, 4.69) is 21.0 Å². The van der Waals surface area contributed by atoms with Gasteiger partial charge in [0.1, 0.15) is 0 Å². The van der Waals surface area contributed by atoms with Gasteiger partial charge >= 0.3 is 0 Å². The minimum absolute atomic E-state index is 0.0209. The molecule has 1 rings (SSSR count). The fourth-order valence-corrected chi connectivity index (χ4v) is 1.15. The number of hydrogen-bond donors (Lipinski definition) is 1. The lowest BCUT2D eigenvalue weighted by Crippen LogP contribution is -1.90. The van der Waals surface area contributed by atoms with Crippen LogP contribution in [-0.2, 0) is 0 Å². The van der Waals surface area contributed by atoms with Crippen molar-refractivity contribution in [1.29, 1.82) is 5.53 Å². The molecule has 0 spiro atoms. The fourth-order valence-electron chi connectivity index (χ4n) is 0.817. The molecule has 1 N–H and O–H groups in total. The van der Waals surface area contributed by atoms with Gasteiger partial charge in [-0.15, -0.1) is 0 Å². The molecule has 1 aromatic carbocycles. The first-order valence-corrected chi connectivity index (χ1v) is 4.12. The topological polar surface area (TPSA) is 53.3 Å². The van der Waals surface area contributed by atoms with Crippen molar-refractivity contribution < 1.29 is 4.79 Å². The summed E-state index contributed by atoms with van der Waals surface area (Å²) in [6, 6.07) is 4.99. The molecule has 3 nitrogen and oxygen atoms in total. The third-order valence-corrected chi connectivity index (χ3v) is 2.14. The second kappa shape index (κ2) is 3.58. The van der Waals surface area contributed by atoms with Crippen LogP contribution in [0.5, 0.6) is 0 Å². The highest BCUT2D eigenvalue weighted by Crippen LogP contribution is 2.26. The van der Waals surface area contributed by atoms with Gasteiger partial charge in [-0.1, -0.05) is 6.07 Å². The molecule has 0 atom stereocenters. The molecule has 12 heavy (non-hydrogen) atoms. The van der Waals surface area contributed by atoms with Crippen LogP contribution in [0.4, 0.5) is 5.69 Å². The van der Waals surface area contributed by atoms with Gasteiger partial charge in [0.15, 0.2) is 5.78 Å². The molecule has 0 amide bonds. The number of halogens is 1. The van der Waals surface area contributed by atoms with Crippen LogP contribution in [0.1, 0.15) is 17.3 Å². The fraction of sp³-hybridized carbons (Fsp3) is 0.125. The van der Waals surface area contributed by atoms with Gasteiger partial charge in [-0.25, -0.2) is 5.53 Å². The van der Waals surface area contributed by atoms with Crippen molar-refractivity contribution in [3.05, 3.63) is 28.2 Å². The maximum atomic E-state index is 10.9. The van der Waals surface area contributed by atoms with Gasteiger partial charge in [0, 0.05) is 10.0 Å². The number of carbonyl (C=O) groups is 1. The highest BCUT2D eigenvalue weighted by atomic mass is 79.9. The largest absolute Gasteiger partial charge is 0.295 e. The van der Waals surface area contributed by atoms with Crippen molar-refractivity contribution in [3.8, 4) is 0 Å². The molecule has 0 aliphatic carbocycles. The standard InChI is InChI=1S/C8H7BrN2O/c1-5(12)6-2-3-7(9)8(4-6)11-10/h2-4,10H,1H3. The normalized spacial score (nSPS) is 9.50. The Morgan fingerprint density at radius 3 is 2.75 bits per heavy atom. The van der Waals surface area contributed by atoms with E-state index in [-0.39, 0.29) is 5.78 Å². The highest BCUT2D eigenvalue weighted by molar-refractivity contribution is 9.10. The summed E-state index contributed by atoms with van der Waals surface area (Å²) in [6.07, 6.45) is 0. The molecule has 4 heteroatoms. The van der Waals surface area contributed by atoms with E-state index < -0.39 is 0 Å². The number of carbonyl (C=O) groups excluding carboxylic acids is 1. The van der Waals surface area contributed by atoms with Gasteiger partial charge in [0.25, 0.3) is 0 Å². The summed E-state index contributed by atoms with van der Waals surface area (Å²) in [5.74, 6) is -0.0209. The number of rotatable bonds is 2. The van der Waals surface area contributed by atoms with E-state index in [1.54, 1.807) is 18.2 Å². The zero-order valence-corrected chi connectivity index (χ0v) is 8.05. The number of Topliss-reactive ketones (excluding diaryl/α,β-unsaturated/α-hetero) is 1. The maximum Gasteiger partial charge on any atom is 0.159 e. The zero-order valence-electron chi connectivity index (χ0n) is 6.47. The van der Waals surface area contributed by atoms with E-state index in [9.17, 15) is 4.79 Å². The van der Waals surface area contributed by atoms with Crippen molar-refractivity contribution in [3.63, 3.8) is 0 Å². The molecule has 0 aliphatic rings. The van der Waals surface area contributed by atoms with Crippen molar-refractivity contribution in [1.82, 2.24) is 0 Å². The third kappa shape index (κ3) is 1.76. The van der Waals surface area contributed by atoms with E-state index in [0.717, 1.165) is 4.47 Å². The van der Waals surface area contributed by atoms with Crippen LogP contribution < -0.4 is 0 Å². The average molecular weight is 227 g/mol. The quantitative estimate of drug-likeness (QED) is 0.611. The van der Waals surface area contributed by atoms with Gasteiger partial charge in [0.2, 0.25) is 0 Å². The monoisotopic (exact) mass is 226 g/mol. The number of nitrogens with one attached hydrogen (secondary N) is 1. The lowest BCUT2D eigenvalue weighted by Gasteiger charge is -1.98. The lowest BCUT2D eigenvalue weighted by atomic mass is 10.1. The molecule has 0 fully saturated rings. The molecule has 0 saturated carbocycles. The van der Waals surface area contributed by atoms with Crippen molar-refractivity contribution in [2.45, 2.75) is 6.92 Å². The predicted molar refractivity (Wildman–Crippen MR) is 49.0 cm³/mol. The highest BCUT2D eigenvalue weighted by Gasteiger charge is 2.03. The Morgan fingerprint density at radius 2 is 2.25 bits per heavy atom. The molecule has 62 valence electrons. The number of ketones is 1. The average Bonchev–Trinajstić information content (AvgIpc) is 2.05. The van der Waals surface area contributed by atoms with Crippen molar-refractivity contribution >= 4 is 27.4 Å². The first kappa shape index (κ1) is 9.06. The summed E-state index contributed by atoms with van der Waals surface area (Å²) in [5, 5.41) is 3.26. The van der Waals surface area contributed by atoms with Gasteiger partial charge in [-0.3, -0.25) is 4.79 Å². The molecule has 1 aromatic rings.